The van der Waals surface area contributed by atoms with Crippen molar-refractivity contribution in [3.8, 4) is 0 Å². The molecule has 92 valence electrons. The molecule has 1 aliphatic heterocycles. The highest BCUT2D eigenvalue weighted by molar-refractivity contribution is 7.89. The molecule has 0 saturated carbocycles. The van der Waals surface area contributed by atoms with Crippen LogP contribution in [0, 0.1) is 0 Å². The van der Waals surface area contributed by atoms with Gasteiger partial charge in [0.15, 0.2) is 5.03 Å². The Morgan fingerprint density at radius 1 is 1.47 bits per heavy atom. The monoisotopic (exact) mass is 258 g/mol. The molecule has 1 unspecified atom stereocenters. The van der Waals surface area contributed by atoms with Crippen molar-refractivity contribution in [3.05, 3.63) is 12.5 Å². The summed E-state index contributed by atoms with van der Waals surface area (Å²) in [6.07, 6.45) is 2.34. The number of hydrogen-bond acceptors (Lipinski definition) is 5. The molecule has 2 N–H and O–H groups in total. The average Bonchev–Trinajstić information content (AvgIpc) is 2.76. The number of carbonyl (C=O) groups excluding carboxylic acids is 2. The van der Waals surface area contributed by atoms with Gasteiger partial charge in [-0.2, -0.15) is 4.31 Å². The molecule has 1 aromatic heterocycles. The highest BCUT2D eigenvalue weighted by Crippen LogP contribution is 2.17. The summed E-state index contributed by atoms with van der Waals surface area (Å²) in [6.45, 7) is 1.03. The van der Waals surface area contributed by atoms with Gasteiger partial charge in [-0.15, -0.1) is 0 Å². The Kier molecular flexibility index (Phi) is 2.71. The van der Waals surface area contributed by atoms with Crippen molar-refractivity contribution in [2.24, 2.45) is 0 Å². The molecule has 1 aromatic rings. The molecule has 0 radical (unpaired) electrons. The summed E-state index contributed by atoms with van der Waals surface area (Å²) in [5.74, 6) is -1.28. The van der Waals surface area contributed by atoms with Gasteiger partial charge in [0.05, 0.1) is 19.1 Å². The molecule has 1 atom stereocenters. The van der Waals surface area contributed by atoms with Gasteiger partial charge in [-0.3, -0.25) is 14.9 Å². The molecule has 17 heavy (non-hydrogen) atoms. The van der Waals surface area contributed by atoms with Crippen molar-refractivity contribution >= 4 is 21.8 Å². The smallest absolute Gasteiger partial charge is 0.261 e. The summed E-state index contributed by atoms with van der Waals surface area (Å²) in [5.41, 5.74) is 0. The van der Waals surface area contributed by atoms with Crippen LogP contribution in [-0.2, 0) is 19.6 Å². The zero-order chi connectivity index (χ0) is 12.6. The van der Waals surface area contributed by atoms with Crippen molar-refractivity contribution < 1.29 is 18.0 Å². The summed E-state index contributed by atoms with van der Waals surface area (Å²) < 4.78 is 25.0. The van der Waals surface area contributed by atoms with Gasteiger partial charge in [-0.1, -0.05) is 0 Å². The molecule has 8 nitrogen and oxygen atoms in total. The first-order valence-electron chi connectivity index (χ1n) is 4.77. The van der Waals surface area contributed by atoms with Gasteiger partial charge in [0, 0.05) is 0 Å². The third kappa shape index (κ3) is 1.94. The second-order valence-electron chi connectivity index (χ2n) is 3.55. The van der Waals surface area contributed by atoms with E-state index in [0.29, 0.717) is 0 Å². The van der Waals surface area contributed by atoms with Crippen molar-refractivity contribution in [2.45, 2.75) is 18.0 Å². The number of carbonyl (C=O) groups is 2. The number of aromatic nitrogens is 2. The van der Waals surface area contributed by atoms with Crippen LogP contribution in [0.5, 0.6) is 0 Å². The highest BCUT2D eigenvalue weighted by Gasteiger charge is 2.39. The van der Waals surface area contributed by atoms with Gasteiger partial charge in [0.1, 0.15) is 6.04 Å². The molecule has 0 bridgehead atoms. The molecule has 1 saturated heterocycles. The number of piperazine rings is 1. The van der Waals surface area contributed by atoms with Crippen LogP contribution in [0.3, 0.4) is 0 Å². The minimum Gasteiger partial charge on any atom is -0.335 e. The topological polar surface area (TPSA) is 112 Å². The molecule has 2 heterocycles. The number of amides is 2. The van der Waals surface area contributed by atoms with Crippen LogP contribution in [-0.4, -0.2) is 47.1 Å². The molecular weight excluding hydrogens is 248 g/mol. The van der Waals surface area contributed by atoms with Crippen LogP contribution in [0.4, 0.5) is 0 Å². The van der Waals surface area contributed by atoms with Crippen molar-refractivity contribution in [2.75, 3.05) is 6.54 Å². The lowest BCUT2D eigenvalue weighted by molar-refractivity contribution is -0.136. The molecule has 0 aliphatic carbocycles. The number of nitrogens with one attached hydrogen (secondary N) is 2. The first kappa shape index (κ1) is 11.7. The Morgan fingerprint density at radius 3 is 2.76 bits per heavy atom. The lowest BCUT2D eigenvalue weighted by Crippen LogP contribution is -2.58. The van der Waals surface area contributed by atoms with Gasteiger partial charge in [0.2, 0.25) is 11.8 Å². The first-order chi connectivity index (χ1) is 7.93. The average molecular weight is 258 g/mol. The van der Waals surface area contributed by atoms with Crippen LogP contribution in [0.2, 0.25) is 0 Å². The van der Waals surface area contributed by atoms with E-state index in [1.807, 2.05) is 0 Å². The highest BCUT2D eigenvalue weighted by atomic mass is 32.2. The minimum atomic E-state index is -3.90. The molecule has 2 rings (SSSR count). The predicted octanol–water partition coefficient (Wildman–Crippen LogP) is -1.55. The fourth-order valence-electron chi connectivity index (χ4n) is 1.49. The van der Waals surface area contributed by atoms with Gasteiger partial charge in [0.25, 0.3) is 10.0 Å². The number of nitrogens with zero attached hydrogens (tertiary/aromatic N) is 2. The summed E-state index contributed by atoms with van der Waals surface area (Å²) in [4.78, 5) is 28.6. The maximum Gasteiger partial charge on any atom is 0.261 e. The quantitative estimate of drug-likeness (QED) is 0.623. The SMILES string of the molecule is CC1C(=O)NC(=O)CN1S(=O)(=O)c1cnc[nH]1. The summed E-state index contributed by atoms with van der Waals surface area (Å²) in [7, 11) is -3.90. The zero-order valence-electron chi connectivity index (χ0n) is 8.87. The van der Waals surface area contributed by atoms with Crippen LogP contribution in [0.25, 0.3) is 0 Å². The molecule has 2 amide bonds. The van der Waals surface area contributed by atoms with Gasteiger partial charge in [-0.05, 0) is 6.92 Å². The van der Waals surface area contributed by atoms with Crippen molar-refractivity contribution in [3.63, 3.8) is 0 Å². The molecule has 1 fully saturated rings. The predicted molar refractivity (Wildman–Crippen MR) is 55.1 cm³/mol. The van der Waals surface area contributed by atoms with Crippen LogP contribution in [0.15, 0.2) is 17.6 Å². The second-order valence-corrected chi connectivity index (χ2v) is 5.41. The Bertz CT molecular complexity index is 550. The fourth-order valence-corrected chi connectivity index (χ4v) is 2.94. The Labute approximate surface area is 97.1 Å². The van der Waals surface area contributed by atoms with Gasteiger partial charge >= 0.3 is 0 Å². The van der Waals surface area contributed by atoms with E-state index >= 15 is 0 Å². The van der Waals surface area contributed by atoms with Crippen molar-refractivity contribution in [1.82, 2.24) is 19.6 Å². The zero-order valence-corrected chi connectivity index (χ0v) is 9.69. The number of aromatic amines is 1. The minimum absolute atomic E-state index is 0.146. The van der Waals surface area contributed by atoms with E-state index in [2.05, 4.69) is 15.3 Å². The van der Waals surface area contributed by atoms with Crippen molar-refractivity contribution in [1.29, 1.82) is 0 Å². The second kappa shape index (κ2) is 3.93. The Hall–Kier alpha value is -1.74. The maximum absolute atomic E-state index is 12.1. The number of rotatable bonds is 2. The Morgan fingerprint density at radius 2 is 2.18 bits per heavy atom. The summed E-state index contributed by atoms with van der Waals surface area (Å²) in [5, 5.41) is 1.92. The third-order valence-corrected chi connectivity index (χ3v) is 4.28. The molecule has 0 aromatic carbocycles. The van der Waals surface area contributed by atoms with E-state index < -0.39 is 27.9 Å². The fraction of sp³-hybridized carbons (Fsp3) is 0.375. The van der Waals surface area contributed by atoms with E-state index in [1.54, 1.807) is 0 Å². The van der Waals surface area contributed by atoms with E-state index in [0.717, 1.165) is 10.5 Å². The van der Waals surface area contributed by atoms with Gasteiger partial charge < -0.3 is 4.98 Å². The van der Waals surface area contributed by atoms with E-state index in [9.17, 15) is 18.0 Å². The van der Waals surface area contributed by atoms with Crippen LogP contribution in [0.1, 0.15) is 6.92 Å². The summed E-state index contributed by atoms with van der Waals surface area (Å²) in [6, 6.07) is -0.930. The number of imide groups is 1. The normalized spacial score (nSPS) is 22.5. The molecule has 1 aliphatic rings. The number of H-pyrrole nitrogens is 1. The lowest BCUT2D eigenvalue weighted by Gasteiger charge is -2.29. The largest absolute Gasteiger partial charge is 0.335 e. The number of hydrogen-bond donors (Lipinski definition) is 2. The maximum atomic E-state index is 12.1. The van der Waals surface area contributed by atoms with E-state index in [1.165, 1.54) is 13.3 Å². The molecule has 9 heteroatoms. The van der Waals surface area contributed by atoms with Crippen LogP contribution >= 0.6 is 0 Å². The number of sulfonamides is 1. The first-order valence-corrected chi connectivity index (χ1v) is 6.21. The van der Waals surface area contributed by atoms with E-state index in [-0.39, 0.29) is 11.6 Å². The van der Waals surface area contributed by atoms with Gasteiger partial charge in [-0.25, -0.2) is 13.4 Å². The Balaban J connectivity index is 2.39. The number of imidazole rings is 1. The summed E-state index contributed by atoms with van der Waals surface area (Å²) >= 11 is 0. The lowest BCUT2D eigenvalue weighted by atomic mass is 10.2. The molecule has 0 spiro atoms. The third-order valence-electron chi connectivity index (χ3n) is 2.43. The van der Waals surface area contributed by atoms with E-state index in [4.69, 9.17) is 0 Å². The standard InChI is InChI=1S/C8H10N4O4S/c1-5-8(14)11-6(13)3-12(5)17(15,16)7-2-9-4-10-7/h2,4-5H,3H2,1H3,(H,9,10)(H,11,13,14). The van der Waals surface area contributed by atoms with Crippen LogP contribution < -0.4 is 5.32 Å². The molecular formula is C8H10N4O4S.